The maximum absolute atomic E-state index is 12.4. The van der Waals surface area contributed by atoms with Crippen LogP contribution in [0, 0.1) is 5.92 Å². The molecule has 0 radical (unpaired) electrons. The van der Waals surface area contributed by atoms with Gasteiger partial charge in [0.05, 0.1) is 17.0 Å². The third-order valence-corrected chi connectivity index (χ3v) is 4.49. The average molecular weight is 371 g/mol. The average Bonchev–Trinajstić information content (AvgIpc) is 2.51. The van der Waals surface area contributed by atoms with Gasteiger partial charge in [0.15, 0.2) is 0 Å². The highest BCUT2D eigenvalue weighted by molar-refractivity contribution is 9.10. The summed E-state index contributed by atoms with van der Waals surface area (Å²) in [6.45, 7) is 5.34. The molecule has 122 valence electrons. The summed E-state index contributed by atoms with van der Waals surface area (Å²) in [6.07, 6.45) is 3.04. The molecule has 1 saturated heterocycles. The first kappa shape index (κ1) is 17.4. The highest BCUT2D eigenvalue weighted by Gasteiger charge is 2.27. The molecule has 5 nitrogen and oxygen atoms in total. The fourth-order valence-corrected chi connectivity index (χ4v) is 3.10. The monoisotopic (exact) mass is 370 g/mol. The molecule has 2 rings (SSSR count). The van der Waals surface area contributed by atoms with Crippen molar-refractivity contribution in [1.82, 2.24) is 4.90 Å². The van der Waals surface area contributed by atoms with Crippen molar-refractivity contribution in [3.8, 4) is 5.75 Å². The normalized spacial score (nSPS) is 19.1. The van der Waals surface area contributed by atoms with Crippen molar-refractivity contribution in [2.45, 2.75) is 32.8 Å². The summed E-state index contributed by atoms with van der Waals surface area (Å²) in [6, 6.07) is 5.49. The molecular weight excluding hydrogens is 348 g/mol. The summed E-state index contributed by atoms with van der Waals surface area (Å²) in [7, 11) is 0. The molecular formula is C16H23BrN2O3. The van der Waals surface area contributed by atoms with E-state index in [2.05, 4.69) is 32.6 Å². The van der Waals surface area contributed by atoms with Crippen molar-refractivity contribution >= 4 is 21.9 Å². The Labute approximate surface area is 139 Å². The number of benzene rings is 1. The second kappa shape index (κ2) is 8.62. The van der Waals surface area contributed by atoms with Crippen LogP contribution in [-0.2, 0) is 16.2 Å². The molecule has 1 aromatic rings. The molecule has 22 heavy (non-hydrogen) atoms. The lowest BCUT2D eigenvalue weighted by molar-refractivity contribution is -0.140. The van der Waals surface area contributed by atoms with Gasteiger partial charge in [-0.05, 0) is 66.0 Å². The fourth-order valence-electron chi connectivity index (χ4n) is 2.77. The Morgan fingerprint density at radius 1 is 1.50 bits per heavy atom. The van der Waals surface area contributed by atoms with Crippen LogP contribution in [0.15, 0.2) is 22.7 Å². The first-order chi connectivity index (χ1) is 10.6. The van der Waals surface area contributed by atoms with Gasteiger partial charge in [-0.2, -0.15) is 0 Å². The van der Waals surface area contributed by atoms with Crippen molar-refractivity contribution in [3.05, 3.63) is 28.2 Å². The molecule has 6 heteroatoms. The molecule has 2 N–H and O–H groups in total. The van der Waals surface area contributed by atoms with Crippen molar-refractivity contribution < 1.29 is 14.4 Å². The number of nitrogens with two attached hydrogens (primary N) is 1. The van der Waals surface area contributed by atoms with E-state index >= 15 is 0 Å². The number of nitrogens with zero attached hydrogens (tertiary/aromatic N) is 1. The zero-order chi connectivity index (χ0) is 15.9. The Morgan fingerprint density at radius 2 is 2.32 bits per heavy atom. The molecule has 1 unspecified atom stereocenters. The first-order valence-electron chi connectivity index (χ1n) is 7.68. The molecule has 1 aliphatic rings. The molecule has 0 aromatic heterocycles. The van der Waals surface area contributed by atoms with E-state index in [1.807, 2.05) is 12.1 Å². The molecule has 0 amide bonds. The van der Waals surface area contributed by atoms with E-state index in [4.69, 9.17) is 10.6 Å². The Balaban J connectivity index is 2.00. The SMILES string of the molecule is CCCN1CCCC(C(=O)Oc2cc(CON)ccc2Br)C1. The van der Waals surface area contributed by atoms with Crippen molar-refractivity contribution in [1.29, 1.82) is 0 Å². The van der Waals surface area contributed by atoms with Crippen LogP contribution in [0.1, 0.15) is 31.7 Å². The summed E-state index contributed by atoms with van der Waals surface area (Å²) in [5.41, 5.74) is 0.866. The number of halogens is 1. The maximum atomic E-state index is 12.4. The maximum Gasteiger partial charge on any atom is 0.315 e. The standard InChI is InChI=1S/C16H23BrN2O3/c1-2-7-19-8-3-4-13(10-19)16(20)22-15-9-12(11-21-18)5-6-14(15)17/h5-6,9,13H,2-4,7-8,10-11,18H2,1H3. The summed E-state index contributed by atoms with van der Waals surface area (Å²) >= 11 is 3.41. The van der Waals surface area contributed by atoms with E-state index < -0.39 is 0 Å². The fraction of sp³-hybridized carbons (Fsp3) is 0.562. The lowest BCUT2D eigenvalue weighted by atomic mass is 9.98. The van der Waals surface area contributed by atoms with Gasteiger partial charge in [0.25, 0.3) is 0 Å². The quantitative estimate of drug-likeness (QED) is 0.473. The van der Waals surface area contributed by atoms with E-state index in [9.17, 15) is 4.79 Å². The Bertz CT molecular complexity index is 508. The van der Waals surface area contributed by atoms with E-state index in [0.29, 0.717) is 5.75 Å². The minimum atomic E-state index is -0.160. The van der Waals surface area contributed by atoms with Gasteiger partial charge >= 0.3 is 5.97 Å². The van der Waals surface area contributed by atoms with Gasteiger partial charge in [-0.15, -0.1) is 0 Å². The molecule has 0 bridgehead atoms. The van der Waals surface area contributed by atoms with Gasteiger partial charge in [0.2, 0.25) is 0 Å². The smallest absolute Gasteiger partial charge is 0.315 e. The summed E-state index contributed by atoms with van der Waals surface area (Å²) < 4.78 is 6.34. The highest BCUT2D eigenvalue weighted by Crippen LogP contribution is 2.28. The van der Waals surface area contributed by atoms with Gasteiger partial charge in [-0.3, -0.25) is 9.63 Å². The Kier molecular flexibility index (Phi) is 6.82. The first-order valence-corrected chi connectivity index (χ1v) is 8.47. The molecule has 0 aliphatic carbocycles. The number of carbonyl (C=O) groups is 1. The van der Waals surface area contributed by atoms with Crippen molar-refractivity contribution in [2.75, 3.05) is 19.6 Å². The lowest BCUT2D eigenvalue weighted by Crippen LogP contribution is -2.40. The van der Waals surface area contributed by atoms with Crippen LogP contribution in [0.3, 0.4) is 0 Å². The summed E-state index contributed by atoms with van der Waals surface area (Å²) in [4.78, 5) is 19.4. The number of hydrogen-bond acceptors (Lipinski definition) is 5. The van der Waals surface area contributed by atoms with Crippen molar-refractivity contribution in [3.63, 3.8) is 0 Å². The molecule has 1 aliphatic heterocycles. The predicted molar refractivity (Wildman–Crippen MR) is 88.2 cm³/mol. The lowest BCUT2D eigenvalue weighted by Gasteiger charge is -2.31. The second-order valence-corrected chi connectivity index (χ2v) is 6.49. The molecule has 1 aromatic carbocycles. The van der Waals surface area contributed by atoms with Crippen LogP contribution in [0.4, 0.5) is 0 Å². The van der Waals surface area contributed by atoms with Crippen molar-refractivity contribution in [2.24, 2.45) is 11.8 Å². The number of ether oxygens (including phenoxy) is 1. The molecule has 1 atom stereocenters. The van der Waals surface area contributed by atoms with Gasteiger partial charge in [-0.1, -0.05) is 13.0 Å². The predicted octanol–water partition coefficient (Wildman–Crippen LogP) is 2.87. The Hall–Kier alpha value is -0.950. The second-order valence-electron chi connectivity index (χ2n) is 5.64. The van der Waals surface area contributed by atoms with Crippen LogP contribution in [0.25, 0.3) is 0 Å². The number of likely N-dealkylation sites (tertiary alicyclic amines) is 1. The summed E-state index contributed by atoms with van der Waals surface area (Å²) in [5.74, 6) is 5.39. The third kappa shape index (κ3) is 4.78. The van der Waals surface area contributed by atoms with Gasteiger partial charge < -0.3 is 9.64 Å². The van der Waals surface area contributed by atoms with Crippen LogP contribution in [0.2, 0.25) is 0 Å². The molecule has 0 saturated carbocycles. The zero-order valence-corrected chi connectivity index (χ0v) is 14.5. The van der Waals surface area contributed by atoms with Crippen LogP contribution >= 0.6 is 15.9 Å². The number of carbonyl (C=O) groups excluding carboxylic acids is 1. The molecule has 0 spiro atoms. The Morgan fingerprint density at radius 3 is 3.05 bits per heavy atom. The van der Waals surface area contributed by atoms with E-state index in [1.54, 1.807) is 6.07 Å². The minimum Gasteiger partial charge on any atom is -0.425 e. The minimum absolute atomic E-state index is 0.0541. The number of esters is 1. The molecule has 1 heterocycles. The number of piperidine rings is 1. The molecule has 1 fully saturated rings. The van der Waals surface area contributed by atoms with E-state index in [1.165, 1.54) is 0 Å². The van der Waals surface area contributed by atoms with E-state index in [0.717, 1.165) is 48.9 Å². The summed E-state index contributed by atoms with van der Waals surface area (Å²) in [5, 5.41) is 0. The largest absolute Gasteiger partial charge is 0.425 e. The van der Waals surface area contributed by atoms with Gasteiger partial charge in [-0.25, -0.2) is 5.90 Å². The highest BCUT2D eigenvalue weighted by atomic mass is 79.9. The van der Waals surface area contributed by atoms with E-state index in [-0.39, 0.29) is 18.5 Å². The van der Waals surface area contributed by atoms with Gasteiger partial charge in [0, 0.05) is 6.54 Å². The topological polar surface area (TPSA) is 64.8 Å². The van der Waals surface area contributed by atoms with Gasteiger partial charge in [0.1, 0.15) is 5.75 Å². The third-order valence-electron chi connectivity index (χ3n) is 3.83. The van der Waals surface area contributed by atoms with Crippen LogP contribution in [0.5, 0.6) is 5.75 Å². The zero-order valence-electron chi connectivity index (χ0n) is 12.9. The van der Waals surface area contributed by atoms with Crippen LogP contribution in [-0.4, -0.2) is 30.5 Å². The number of rotatable bonds is 6. The number of hydrogen-bond donors (Lipinski definition) is 1. The van der Waals surface area contributed by atoms with Crippen LogP contribution < -0.4 is 10.6 Å².